The molecule has 0 aliphatic carbocycles. The summed E-state index contributed by atoms with van der Waals surface area (Å²) in [5.41, 5.74) is 0. The highest BCUT2D eigenvalue weighted by molar-refractivity contribution is 7.19. The Labute approximate surface area is 41.0 Å². The third-order valence-electron chi connectivity index (χ3n) is 0.529. The van der Waals surface area contributed by atoms with E-state index >= 15 is 0 Å². The quantitative estimate of drug-likeness (QED) is 0.415. The Balaban J connectivity index is 2.34. The van der Waals surface area contributed by atoms with Crippen LogP contribution in [0.3, 0.4) is 0 Å². The van der Waals surface area contributed by atoms with E-state index in [1.165, 1.54) is 0 Å². The lowest BCUT2D eigenvalue weighted by Gasteiger charge is -1.85. The number of rotatable bonds is 3. The van der Waals surface area contributed by atoms with Crippen LogP contribution in [0.5, 0.6) is 0 Å². The molecule has 1 radical (unpaired) electrons. The topological polar surface area (TPSA) is 20.2 Å². The second-order valence-corrected chi connectivity index (χ2v) is 1.57. The Morgan fingerprint density at radius 3 is 2.50 bits per heavy atom. The molecule has 0 spiro atoms. The molecule has 0 rings (SSSR count). The average Bonchev–Trinajstić information content (AvgIpc) is 1.61. The molecule has 1 atom stereocenters. The van der Waals surface area contributed by atoms with Crippen LogP contribution < -0.4 is 0 Å². The molecule has 0 heterocycles. The van der Waals surface area contributed by atoms with Gasteiger partial charge in [-0.25, -0.2) is 0 Å². The minimum Gasteiger partial charge on any atom is -0.396 e. The first kappa shape index (κ1) is 6.39. The van der Waals surface area contributed by atoms with Gasteiger partial charge in [0, 0.05) is 6.61 Å². The molecule has 0 aromatic heterocycles. The number of aliphatic hydroxyl groups is 1. The fraction of sp³-hybridized carbons (Fsp3) is 0.750. The molecule has 37 valence electrons. The Bertz CT molecular complexity index is 19.5. The molecule has 2 heteroatoms. The lowest BCUT2D eigenvalue weighted by Crippen LogP contribution is -1.77. The van der Waals surface area contributed by atoms with Gasteiger partial charge in [0.05, 0.1) is 0 Å². The fourth-order valence-corrected chi connectivity index (χ4v) is 0.445. The summed E-state index contributed by atoms with van der Waals surface area (Å²) in [7, 11) is 2.49. The summed E-state index contributed by atoms with van der Waals surface area (Å²) in [5, 5.41) is 8.17. The summed E-state index contributed by atoms with van der Waals surface area (Å²) in [6.45, 7) is 0.310. The van der Waals surface area contributed by atoms with Crippen LogP contribution in [-0.4, -0.2) is 11.7 Å². The average molecular weight is 105 g/mol. The van der Waals surface area contributed by atoms with Gasteiger partial charge in [0.1, 0.15) is 0 Å². The van der Waals surface area contributed by atoms with Crippen molar-refractivity contribution in [2.24, 2.45) is 0 Å². The SMILES string of the molecule is OCCC[CH]P. The highest BCUT2D eigenvalue weighted by Gasteiger charge is 1.76. The Kier molecular flexibility index (Phi) is 5.74. The van der Waals surface area contributed by atoms with E-state index in [0.29, 0.717) is 6.61 Å². The summed E-state index contributed by atoms with van der Waals surface area (Å²) in [6, 6.07) is 0. The van der Waals surface area contributed by atoms with Crippen molar-refractivity contribution in [1.82, 2.24) is 0 Å². The van der Waals surface area contributed by atoms with Crippen LogP contribution in [0.2, 0.25) is 0 Å². The number of hydrogen-bond acceptors (Lipinski definition) is 1. The zero-order valence-corrected chi connectivity index (χ0v) is 4.88. The van der Waals surface area contributed by atoms with Crippen molar-refractivity contribution in [2.45, 2.75) is 12.8 Å². The lowest BCUT2D eigenvalue weighted by atomic mass is 10.4. The Morgan fingerprint density at radius 2 is 2.33 bits per heavy atom. The lowest BCUT2D eigenvalue weighted by molar-refractivity contribution is 0.289. The standard InChI is InChI=1S/C4H10OP/c5-3-1-2-4-6/h4-5H,1-3,6H2. The van der Waals surface area contributed by atoms with Gasteiger partial charge in [-0.05, 0) is 19.0 Å². The van der Waals surface area contributed by atoms with E-state index in [4.69, 9.17) is 5.11 Å². The first-order valence-corrected chi connectivity index (χ1v) is 2.72. The third-order valence-corrected chi connectivity index (χ3v) is 0.862. The monoisotopic (exact) mass is 105 g/mol. The highest BCUT2D eigenvalue weighted by atomic mass is 31.0. The fourth-order valence-electron chi connectivity index (χ4n) is 0.209. The normalized spacial score (nSPS) is 9.00. The summed E-state index contributed by atoms with van der Waals surface area (Å²) in [5.74, 6) is 0. The third kappa shape index (κ3) is 4.39. The minimum atomic E-state index is 0.310. The molecule has 0 aromatic rings. The van der Waals surface area contributed by atoms with Gasteiger partial charge in [-0.3, -0.25) is 0 Å². The maximum atomic E-state index is 8.17. The van der Waals surface area contributed by atoms with Crippen molar-refractivity contribution < 1.29 is 5.11 Å². The number of unbranched alkanes of at least 4 members (excludes halogenated alkanes) is 1. The van der Waals surface area contributed by atoms with Gasteiger partial charge in [-0.15, -0.1) is 9.24 Å². The molecular formula is C4H10OP. The van der Waals surface area contributed by atoms with E-state index in [-0.39, 0.29) is 0 Å². The van der Waals surface area contributed by atoms with Gasteiger partial charge in [0.25, 0.3) is 0 Å². The predicted octanol–water partition coefficient (Wildman–Crippen LogP) is 0.796. The first-order valence-electron chi connectivity index (χ1n) is 2.06. The van der Waals surface area contributed by atoms with Crippen molar-refractivity contribution in [3.63, 3.8) is 0 Å². The molecule has 0 aliphatic heterocycles. The van der Waals surface area contributed by atoms with Crippen LogP contribution in [0.15, 0.2) is 0 Å². The van der Waals surface area contributed by atoms with Crippen molar-refractivity contribution in [3.05, 3.63) is 6.16 Å². The van der Waals surface area contributed by atoms with Crippen LogP contribution >= 0.6 is 9.24 Å². The minimum absolute atomic E-state index is 0.310. The van der Waals surface area contributed by atoms with Crippen molar-refractivity contribution in [2.75, 3.05) is 6.61 Å². The summed E-state index contributed by atoms with van der Waals surface area (Å²) >= 11 is 0. The van der Waals surface area contributed by atoms with Crippen LogP contribution in [-0.2, 0) is 0 Å². The van der Waals surface area contributed by atoms with Gasteiger partial charge in [0.2, 0.25) is 0 Å². The molecular weight excluding hydrogens is 95.0 g/mol. The maximum absolute atomic E-state index is 8.17. The van der Waals surface area contributed by atoms with Crippen LogP contribution in [0.4, 0.5) is 0 Å². The van der Waals surface area contributed by atoms with Crippen molar-refractivity contribution in [3.8, 4) is 0 Å². The van der Waals surface area contributed by atoms with Gasteiger partial charge < -0.3 is 5.11 Å². The smallest absolute Gasteiger partial charge is 0.0431 e. The van der Waals surface area contributed by atoms with E-state index in [2.05, 4.69) is 9.24 Å². The first-order chi connectivity index (χ1) is 2.91. The zero-order chi connectivity index (χ0) is 4.83. The van der Waals surface area contributed by atoms with Gasteiger partial charge in [-0.2, -0.15) is 0 Å². The molecule has 1 N–H and O–H groups in total. The predicted molar refractivity (Wildman–Crippen MR) is 30.3 cm³/mol. The second kappa shape index (κ2) is 5.39. The molecule has 0 saturated carbocycles. The number of hydrogen-bond donors (Lipinski definition) is 1. The molecule has 0 fully saturated rings. The van der Waals surface area contributed by atoms with E-state index in [1.807, 2.05) is 6.16 Å². The molecule has 6 heavy (non-hydrogen) atoms. The second-order valence-electron chi connectivity index (χ2n) is 1.10. The van der Waals surface area contributed by atoms with Gasteiger partial charge in [-0.1, -0.05) is 0 Å². The van der Waals surface area contributed by atoms with E-state index in [9.17, 15) is 0 Å². The summed E-state index contributed by atoms with van der Waals surface area (Å²) in [6.07, 6.45) is 3.86. The Morgan fingerprint density at radius 1 is 1.67 bits per heavy atom. The van der Waals surface area contributed by atoms with Crippen molar-refractivity contribution in [1.29, 1.82) is 0 Å². The van der Waals surface area contributed by atoms with Crippen LogP contribution in [0.25, 0.3) is 0 Å². The molecule has 0 amide bonds. The molecule has 1 nitrogen and oxygen atoms in total. The molecule has 1 unspecified atom stereocenters. The summed E-state index contributed by atoms with van der Waals surface area (Å²) in [4.78, 5) is 0. The molecule has 0 aliphatic rings. The zero-order valence-electron chi connectivity index (χ0n) is 3.72. The van der Waals surface area contributed by atoms with E-state index in [1.54, 1.807) is 0 Å². The Hall–Kier alpha value is 0.390. The molecule has 0 aromatic carbocycles. The molecule has 0 bridgehead atoms. The molecule has 0 saturated heterocycles. The number of aliphatic hydroxyl groups excluding tert-OH is 1. The van der Waals surface area contributed by atoms with E-state index < -0.39 is 0 Å². The van der Waals surface area contributed by atoms with Crippen LogP contribution in [0, 0.1) is 6.16 Å². The maximum Gasteiger partial charge on any atom is 0.0431 e. The van der Waals surface area contributed by atoms with Crippen LogP contribution in [0.1, 0.15) is 12.8 Å². The van der Waals surface area contributed by atoms with Crippen molar-refractivity contribution >= 4 is 9.24 Å². The van der Waals surface area contributed by atoms with Gasteiger partial charge in [0.15, 0.2) is 0 Å². The van der Waals surface area contributed by atoms with E-state index in [0.717, 1.165) is 12.8 Å². The largest absolute Gasteiger partial charge is 0.396 e. The summed E-state index contributed by atoms with van der Waals surface area (Å²) < 4.78 is 0. The highest BCUT2D eigenvalue weighted by Crippen LogP contribution is 1.97. The van der Waals surface area contributed by atoms with Gasteiger partial charge >= 0.3 is 0 Å².